The molecule has 2 N–H and O–H groups in total. The van der Waals surface area contributed by atoms with Gasteiger partial charge in [-0.3, -0.25) is 9.59 Å². The van der Waals surface area contributed by atoms with Crippen molar-refractivity contribution in [2.45, 2.75) is 6.42 Å². The van der Waals surface area contributed by atoms with Gasteiger partial charge in [-0.25, -0.2) is 4.79 Å². The Balaban J connectivity index is 2.00. The molecule has 0 bridgehead atoms. The Labute approximate surface area is 154 Å². The SMILES string of the molecule is COC(=O)c1ccc(Cl)c(NC(=O)CC(=O)Nc2cccc(Cl)c2)c1. The monoisotopic (exact) mass is 380 g/mol. The van der Waals surface area contributed by atoms with Gasteiger partial charge in [0.2, 0.25) is 11.8 Å². The van der Waals surface area contributed by atoms with Crippen LogP contribution in [0.4, 0.5) is 11.4 Å². The van der Waals surface area contributed by atoms with Crippen molar-refractivity contribution in [1.82, 2.24) is 0 Å². The number of methoxy groups -OCH3 is 1. The summed E-state index contributed by atoms with van der Waals surface area (Å²) in [5.41, 5.74) is 0.923. The van der Waals surface area contributed by atoms with E-state index >= 15 is 0 Å². The molecule has 0 fully saturated rings. The van der Waals surface area contributed by atoms with Crippen LogP contribution in [0.2, 0.25) is 10.0 Å². The van der Waals surface area contributed by atoms with Crippen LogP contribution in [0.15, 0.2) is 42.5 Å². The second-order valence-corrected chi connectivity index (χ2v) is 5.81. The third-order valence-electron chi connectivity index (χ3n) is 3.09. The summed E-state index contributed by atoms with van der Waals surface area (Å²) >= 11 is 11.8. The summed E-state index contributed by atoms with van der Waals surface area (Å²) in [6.07, 6.45) is -0.425. The second-order valence-electron chi connectivity index (χ2n) is 4.97. The lowest BCUT2D eigenvalue weighted by Crippen LogP contribution is -2.21. The van der Waals surface area contributed by atoms with E-state index in [4.69, 9.17) is 23.2 Å². The fourth-order valence-corrected chi connectivity index (χ4v) is 2.33. The zero-order chi connectivity index (χ0) is 18.4. The Bertz CT molecular complexity index is 824. The third-order valence-corrected chi connectivity index (χ3v) is 3.66. The standard InChI is InChI=1S/C17H14Cl2N2O4/c1-25-17(24)10-5-6-13(19)14(7-10)21-16(23)9-15(22)20-12-4-2-3-11(18)8-12/h2-8H,9H2,1H3,(H,20,22)(H,21,23). The van der Waals surface area contributed by atoms with Crippen molar-refractivity contribution in [2.75, 3.05) is 17.7 Å². The van der Waals surface area contributed by atoms with Crippen LogP contribution < -0.4 is 10.6 Å². The molecule has 6 nitrogen and oxygen atoms in total. The van der Waals surface area contributed by atoms with Gasteiger partial charge in [0.1, 0.15) is 6.42 Å². The maximum atomic E-state index is 12.0. The molecule has 0 aliphatic carbocycles. The molecule has 8 heteroatoms. The lowest BCUT2D eigenvalue weighted by molar-refractivity contribution is -0.123. The Hall–Kier alpha value is -2.57. The summed E-state index contributed by atoms with van der Waals surface area (Å²) in [6.45, 7) is 0. The Morgan fingerprint density at radius 2 is 1.72 bits per heavy atom. The molecule has 0 aromatic heterocycles. The lowest BCUT2D eigenvalue weighted by atomic mass is 10.2. The fourth-order valence-electron chi connectivity index (χ4n) is 1.98. The molecule has 2 rings (SSSR count). The zero-order valence-electron chi connectivity index (χ0n) is 13.1. The summed E-state index contributed by atoms with van der Waals surface area (Å²) in [6, 6.07) is 10.9. The van der Waals surface area contributed by atoms with Crippen molar-refractivity contribution in [3.63, 3.8) is 0 Å². The first-order chi connectivity index (χ1) is 11.9. The molecule has 0 heterocycles. The van der Waals surface area contributed by atoms with Crippen LogP contribution >= 0.6 is 23.2 Å². The summed E-state index contributed by atoms with van der Waals surface area (Å²) in [7, 11) is 1.25. The zero-order valence-corrected chi connectivity index (χ0v) is 14.6. The van der Waals surface area contributed by atoms with Gasteiger partial charge in [0, 0.05) is 10.7 Å². The van der Waals surface area contributed by atoms with Crippen LogP contribution in [0.25, 0.3) is 0 Å². The number of hydrogen-bond acceptors (Lipinski definition) is 4. The first-order valence-electron chi connectivity index (χ1n) is 7.12. The van der Waals surface area contributed by atoms with E-state index in [1.54, 1.807) is 24.3 Å². The van der Waals surface area contributed by atoms with Gasteiger partial charge in [-0.05, 0) is 36.4 Å². The van der Waals surface area contributed by atoms with Gasteiger partial charge in [-0.1, -0.05) is 29.3 Å². The average Bonchev–Trinajstić information content (AvgIpc) is 2.55. The highest BCUT2D eigenvalue weighted by molar-refractivity contribution is 6.34. The maximum absolute atomic E-state index is 12.0. The number of esters is 1. The van der Waals surface area contributed by atoms with E-state index in [1.165, 1.54) is 25.3 Å². The Kier molecular flexibility index (Phi) is 6.38. The van der Waals surface area contributed by atoms with E-state index in [2.05, 4.69) is 15.4 Å². The van der Waals surface area contributed by atoms with Crippen molar-refractivity contribution in [3.8, 4) is 0 Å². The normalized spacial score (nSPS) is 10.0. The highest BCUT2D eigenvalue weighted by atomic mass is 35.5. The third kappa shape index (κ3) is 5.48. The molecule has 0 saturated heterocycles. The summed E-state index contributed by atoms with van der Waals surface area (Å²) in [4.78, 5) is 35.4. The van der Waals surface area contributed by atoms with E-state index in [-0.39, 0.29) is 16.3 Å². The molecule has 0 atom stereocenters. The number of carbonyl (C=O) groups is 3. The first kappa shape index (κ1) is 18.8. The second kappa shape index (κ2) is 8.50. The van der Waals surface area contributed by atoms with E-state index in [0.717, 1.165) is 0 Å². The van der Waals surface area contributed by atoms with Gasteiger partial charge in [0.25, 0.3) is 0 Å². The molecular weight excluding hydrogens is 367 g/mol. The van der Waals surface area contributed by atoms with E-state index < -0.39 is 24.2 Å². The molecule has 25 heavy (non-hydrogen) atoms. The number of hydrogen-bond donors (Lipinski definition) is 2. The van der Waals surface area contributed by atoms with Crippen LogP contribution in [-0.4, -0.2) is 24.9 Å². The predicted octanol–water partition coefficient (Wildman–Crippen LogP) is 3.75. The van der Waals surface area contributed by atoms with Crippen LogP contribution in [0.5, 0.6) is 0 Å². The van der Waals surface area contributed by atoms with Gasteiger partial charge < -0.3 is 15.4 Å². The van der Waals surface area contributed by atoms with E-state index in [0.29, 0.717) is 10.7 Å². The first-order valence-corrected chi connectivity index (χ1v) is 7.88. The number of carbonyl (C=O) groups excluding carboxylic acids is 3. The average molecular weight is 381 g/mol. The summed E-state index contributed by atoms with van der Waals surface area (Å²) in [5, 5.41) is 5.75. The number of halogens is 2. The number of anilines is 2. The highest BCUT2D eigenvalue weighted by Gasteiger charge is 2.14. The fraction of sp³-hybridized carbons (Fsp3) is 0.118. The molecule has 2 aromatic carbocycles. The minimum atomic E-state index is -0.580. The summed E-state index contributed by atoms with van der Waals surface area (Å²) in [5.74, 6) is -1.66. The molecule has 0 spiro atoms. The summed E-state index contributed by atoms with van der Waals surface area (Å²) < 4.78 is 4.61. The predicted molar refractivity (Wildman–Crippen MR) is 96.1 cm³/mol. The molecule has 130 valence electrons. The molecular formula is C17H14Cl2N2O4. The van der Waals surface area contributed by atoms with Crippen molar-refractivity contribution in [2.24, 2.45) is 0 Å². The molecule has 0 saturated carbocycles. The van der Waals surface area contributed by atoms with Gasteiger partial charge in [-0.2, -0.15) is 0 Å². The van der Waals surface area contributed by atoms with E-state index in [9.17, 15) is 14.4 Å². The number of rotatable bonds is 5. The minimum absolute atomic E-state index is 0.213. The van der Waals surface area contributed by atoms with Crippen molar-refractivity contribution >= 4 is 52.4 Å². The van der Waals surface area contributed by atoms with Crippen LogP contribution in [0, 0.1) is 0 Å². The van der Waals surface area contributed by atoms with Crippen LogP contribution in [0.3, 0.4) is 0 Å². The van der Waals surface area contributed by atoms with Gasteiger partial charge in [0.15, 0.2) is 0 Å². The molecule has 0 aliphatic heterocycles. The number of benzene rings is 2. The Morgan fingerprint density at radius 1 is 1.00 bits per heavy atom. The quantitative estimate of drug-likeness (QED) is 0.610. The number of amides is 2. The lowest BCUT2D eigenvalue weighted by Gasteiger charge is -2.09. The van der Waals surface area contributed by atoms with Crippen molar-refractivity contribution < 1.29 is 19.1 Å². The highest BCUT2D eigenvalue weighted by Crippen LogP contribution is 2.23. The van der Waals surface area contributed by atoms with Crippen molar-refractivity contribution in [3.05, 3.63) is 58.1 Å². The maximum Gasteiger partial charge on any atom is 0.337 e. The van der Waals surface area contributed by atoms with Crippen LogP contribution in [-0.2, 0) is 14.3 Å². The Morgan fingerprint density at radius 3 is 2.40 bits per heavy atom. The molecule has 2 aromatic rings. The largest absolute Gasteiger partial charge is 0.465 e. The van der Waals surface area contributed by atoms with Gasteiger partial charge in [-0.15, -0.1) is 0 Å². The number of ether oxygens (including phenoxy) is 1. The van der Waals surface area contributed by atoms with Gasteiger partial charge >= 0.3 is 5.97 Å². The molecule has 0 radical (unpaired) electrons. The molecule has 0 unspecified atom stereocenters. The van der Waals surface area contributed by atoms with Crippen LogP contribution in [0.1, 0.15) is 16.8 Å². The van der Waals surface area contributed by atoms with Gasteiger partial charge in [0.05, 0.1) is 23.4 Å². The smallest absolute Gasteiger partial charge is 0.337 e. The topological polar surface area (TPSA) is 84.5 Å². The van der Waals surface area contributed by atoms with Crippen molar-refractivity contribution in [1.29, 1.82) is 0 Å². The molecule has 0 aliphatic rings. The minimum Gasteiger partial charge on any atom is -0.465 e. The van der Waals surface area contributed by atoms with E-state index in [1.807, 2.05) is 0 Å². The molecule has 2 amide bonds. The number of nitrogens with one attached hydrogen (secondary N) is 2.